The molecule has 0 fully saturated rings. The van der Waals surface area contributed by atoms with E-state index in [1.54, 1.807) is 6.92 Å². The van der Waals surface area contributed by atoms with Crippen LogP contribution in [0.4, 0.5) is 0 Å². The molecule has 19 heavy (non-hydrogen) atoms. The summed E-state index contributed by atoms with van der Waals surface area (Å²) in [6.45, 7) is 13.5. The zero-order valence-corrected chi connectivity index (χ0v) is 14.9. The molecule has 0 heterocycles. The van der Waals surface area contributed by atoms with E-state index in [9.17, 15) is 0 Å². The third-order valence-corrected chi connectivity index (χ3v) is 5.68. The standard InChI is InChI=1S/C13H28O4SSi/c1-7-14-19(15-8-2,16-9-3)11-10-13(5,6)17-12(4)18/h7-11H2,1-6H3. The zero-order chi connectivity index (χ0) is 14.9. The van der Waals surface area contributed by atoms with Crippen molar-refractivity contribution in [1.82, 2.24) is 0 Å². The maximum atomic E-state index is 5.82. The Bertz CT molecular complexity index is 254. The second kappa shape index (κ2) is 9.02. The van der Waals surface area contributed by atoms with Gasteiger partial charge in [0, 0.05) is 32.8 Å². The van der Waals surface area contributed by atoms with Crippen molar-refractivity contribution >= 4 is 26.1 Å². The van der Waals surface area contributed by atoms with Crippen LogP contribution in [0.1, 0.15) is 48.0 Å². The van der Waals surface area contributed by atoms with Crippen molar-refractivity contribution in [2.75, 3.05) is 19.8 Å². The fourth-order valence-electron chi connectivity index (χ4n) is 1.90. The van der Waals surface area contributed by atoms with Crippen molar-refractivity contribution in [2.24, 2.45) is 0 Å². The van der Waals surface area contributed by atoms with Crippen molar-refractivity contribution in [3.8, 4) is 0 Å². The van der Waals surface area contributed by atoms with Crippen molar-refractivity contribution in [3.63, 3.8) is 0 Å². The molecule has 0 saturated heterocycles. The van der Waals surface area contributed by atoms with Crippen molar-refractivity contribution < 1.29 is 18.0 Å². The molecular weight excluding hydrogens is 280 g/mol. The number of rotatable bonds is 10. The fourth-order valence-corrected chi connectivity index (χ4v) is 5.03. The van der Waals surface area contributed by atoms with Gasteiger partial charge >= 0.3 is 8.80 Å². The van der Waals surface area contributed by atoms with Gasteiger partial charge in [0.2, 0.25) is 0 Å². The predicted octanol–water partition coefficient (Wildman–Crippen LogP) is 3.57. The van der Waals surface area contributed by atoms with Crippen LogP contribution in [0.3, 0.4) is 0 Å². The minimum absolute atomic E-state index is 0.324. The van der Waals surface area contributed by atoms with Gasteiger partial charge in [-0.05, 0) is 53.3 Å². The Morgan fingerprint density at radius 1 is 1.00 bits per heavy atom. The normalized spacial score (nSPS) is 12.5. The van der Waals surface area contributed by atoms with Crippen LogP contribution >= 0.6 is 12.2 Å². The third kappa shape index (κ3) is 7.99. The molecule has 0 aliphatic rings. The molecule has 0 aromatic rings. The first-order valence-electron chi connectivity index (χ1n) is 6.92. The van der Waals surface area contributed by atoms with Gasteiger partial charge in [-0.1, -0.05) is 0 Å². The summed E-state index contributed by atoms with van der Waals surface area (Å²) in [6.07, 6.45) is 0.785. The largest absolute Gasteiger partial charge is 0.501 e. The second-order valence-electron chi connectivity index (χ2n) is 4.84. The Morgan fingerprint density at radius 2 is 1.42 bits per heavy atom. The highest BCUT2D eigenvalue weighted by Gasteiger charge is 2.42. The van der Waals surface area contributed by atoms with Crippen LogP contribution in [0.5, 0.6) is 0 Å². The van der Waals surface area contributed by atoms with Gasteiger partial charge in [-0.2, -0.15) is 0 Å². The number of thiocarbonyl (C=S) groups is 1. The Morgan fingerprint density at radius 3 is 1.74 bits per heavy atom. The van der Waals surface area contributed by atoms with Gasteiger partial charge in [0.15, 0.2) is 5.05 Å². The van der Waals surface area contributed by atoms with Gasteiger partial charge in [-0.15, -0.1) is 0 Å². The summed E-state index contributed by atoms with van der Waals surface area (Å²) < 4.78 is 23.1. The van der Waals surface area contributed by atoms with Crippen molar-refractivity contribution in [2.45, 2.75) is 59.6 Å². The molecule has 0 atom stereocenters. The monoisotopic (exact) mass is 308 g/mol. The Balaban J connectivity index is 4.66. The zero-order valence-electron chi connectivity index (χ0n) is 13.1. The average molecular weight is 309 g/mol. The molecule has 4 nitrogen and oxygen atoms in total. The van der Waals surface area contributed by atoms with Crippen LogP contribution in [0.2, 0.25) is 6.04 Å². The molecule has 0 aliphatic heterocycles. The first-order chi connectivity index (χ1) is 8.81. The van der Waals surface area contributed by atoms with Gasteiger partial charge in [0.1, 0.15) is 5.60 Å². The van der Waals surface area contributed by atoms with Crippen LogP contribution in [0.15, 0.2) is 0 Å². The highest BCUT2D eigenvalue weighted by molar-refractivity contribution is 7.80. The summed E-state index contributed by atoms with van der Waals surface area (Å²) in [4.78, 5) is 0. The van der Waals surface area contributed by atoms with E-state index in [2.05, 4.69) is 0 Å². The van der Waals surface area contributed by atoms with Gasteiger partial charge < -0.3 is 18.0 Å². The highest BCUT2D eigenvalue weighted by atomic mass is 32.1. The molecule has 0 radical (unpaired) electrons. The van der Waals surface area contributed by atoms with E-state index in [0.29, 0.717) is 24.9 Å². The van der Waals surface area contributed by atoms with E-state index in [-0.39, 0.29) is 5.60 Å². The first-order valence-corrected chi connectivity index (χ1v) is 9.26. The lowest BCUT2D eigenvalue weighted by Gasteiger charge is -2.32. The third-order valence-electron chi connectivity index (χ3n) is 2.55. The average Bonchev–Trinajstić information content (AvgIpc) is 2.26. The Hall–Kier alpha value is -0.0131. The van der Waals surface area contributed by atoms with E-state index < -0.39 is 8.80 Å². The minimum atomic E-state index is -2.58. The number of hydrogen-bond donors (Lipinski definition) is 0. The molecule has 114 valence electrons. The Labute approximate surface area is 124 Å². The van der Waals surface area contributed by atoms with E-state index in [1.807, 2.05) is 34.6 Å². The van der Waals surface area contributed by atoms with E-state index in [0.717, 1.165) is 12.5 Å². The predicted molar refractivity (Wildman–Crippen MR) is 83.5 cm³/mol. The SMILES string of the molecule is CCO[Si](CCC(C)(C)OC(C)=S)(OCC)OCC. The van der Waals surface area contributed by atoms with Gasteiger partial charge in [0.05, 0.1) is 0 Å². The molecule has 0 amide bonds. The van der Waals surface area contributed by atoms with Crippen molar-refractivity contribution in [1.29, 1.82) is 0 Å². The maximum Gasteiger partial charge on any atom is 0.501 e. The molecule has 0 aliphatic carbocycles. The summed E-state index contributed by atoms with van der Waals surface area (Å²) in [5.74, 6) is 0. The summed E-state index contributed by atoms with van der Waals surface area (Å²) in [5, 5.41) is 0.557. The van der Waals surface area contributed by atoms with Crippen LogP contribution in [0.25, 0.3) is 0 Å². The van der Waals surface area contributed by atoms with Crippen LogP contribution in [-0.2, 0) is 18.0 Å². The Kier molecular flexibility index (Phi) is 9.01. The smallest absolute Gasteiger partial charge is 0.482 e. The van der Waals surface area contributed by atoms with Crippen LogP contribution < -0.4 is 0 Å². The summed E-state index contributed by atoms with van der Waals surface area (Å²) >= 11 is 5.00. The fraction of sp³-hybridized carbons (Fsp3) is 0.923. The highest BCUT2D eigenvalue weighted by Crippen LogP contribution is 2.25. The minimum Gasteiger partial charge on any atom is -0.482 e. The quantitative estimate of drug-likeness (QED) is 0.455. The van der Waals surface area contributed by atoms with E-state index >= 15 is 0 Å². The van der Waals surface area contributed by atoms with Crippen LogP contribution in [0, 0.1) is 0 Å². The lowest BCUT2D eigenvalue weighted by molar-refractivity contribution is 0.0529. The number of hydrogen-bond acceptors (Lipinski definition) is 5. The topological polar surface area (TPSA) is 36.9 Å². The first kappa shape index (κ1) is 19.0. The lowest BCUT2D eigenvalue weighted by Crippen LogP contribution is -2.47. The summed E-state index contributed by atoms with van der Waals surface area (Å²) in [6, 6.07) is 0.734. The van der Waals surface area contributed by atoms with Crippen molar-refractivity contribution in [3.05, 3.63) is 0 Å². The molecule has 0 spiro atoms. The molecule has 0 bridgehead atoms. The summed E-state index contributed by atoms with van der Waals surface area (Å²) in [5.41, 5.74) is -0.324. The number of ether oxygens (including phenoxy) is 1. The van der Waals surface area contributed by atoms with Gasteiger partial charge in [-0.3, -0.25) is 0 Å². The van der Waals surface area contributed by atoms with Gasteiger partial charge in [-0.25, -0.2) is 0 Å². The molecule has 0 rings (SSSR count). The molecule has 6 heteroatoms. The molecule has 0 aromatic heterocycles. The molecule has 0 N–H and O–H groups in total. The van der Waals surface area contributed by atoms with Gasteiger partial charge in [0.25, 0.3) is 0 Å². The molecular formula is C13H28O4SSi. The maximum absolute atomic E-state index is 5.82. The van der Waals surface area contributed by atoms with E-state index in [1.165, 1.54) is 0 Å². The molecule has 0 unspecified atom stereocenters. The van der Waals surface area contributed by atoms with Crippen LogP contribution in [-0.4, -0.2) is 39.3 Å². The molecule has 0 saturated carbocycles. The lowest BCUT2D eigenvalue weighted by atomic mass is 10.1. The van der Waals surface area contributed by atoms with E-state index in [4.69, 9.17) is 30.2 Å². The second-order valence-corrected chi connectivity index (χ2v) is 8.14. The molecule has 0 aromatic carbocycles. The summed E-state index contributed by atoms with van der Waals surface area (Å²) in [7, 11) is -2.58.